The van der Waals surface area contributed by atoms with Gasteiger partial charge >= 0.3 is 5.97 Å². The maximum atomic E-state index is 11.4. The van der Waals surface area contributed by atoms with Gasteiger partial charge < -0.3 is 16.6 Å². The van der Waals surface area contributed by atoms with Crippen LogP contribution in [0.25, 0.3) is 0 Å². The summed E-state index contributed by atoms with van der Waals surface area (Å²) in [4.78, 5) is 22.3. The molecule has 0 unspecified atom stereocenters. The Hall–Kier alpha value is -0.940. The van der Waals surface area contributed by atoms with Crippen molar-refractivity contribution in [1.82, 2.24) is 0 Å². The summed E-state index contributed by atoms with van der Waals surface area (Å²) < 4.78 is 0. The van der Waals surface area contributed by atoms with Gasteiger partial charge in [-0.1, -0.05) is 13.8 Å². The first kappa shape index (κ1) is 14.1. The van der Waals surface area contributed by atoms with Gasteiger partial charge in [0.05, 0.1) is 12.0 Å². The molecular formula is C10H20N2O3. The van der Waals surface area contributed by atoms with Crippen LogP contribution in [0.3, 0.4) is 0 Å². The van der Waals surface area contributed by atoms with Crippen LogP contribution < -0.4 is 11.5 Å². The van der Waals surface area contributed by atoms with Crippen LogP contribution in [0.1, 0.15) is 26.7 Å². The van der Waals surface area contributed by atoms with E-state index in [1.807, 2.05) is 13.8 Å². The van der Waals surface area contributed by atoms with E-state index < -0.39 is 17.9 Å². The van der Waals surface area contributed by atoms with Crippen molar-refractivity contribution in [2.45, 2.75) is 32.7 Å². The molecule has 5 N–H and O–H groups in total. The molecule has 0 aromatic rings. The number of carbonyl (C=O) groups is 2. The smallest absolute Gasteiger partial charge is 0.306 e. The Bertz CT molecular complexity index is 229. The fourth-order valence-corrected chi connectivity index (χ4v) is 1.37. The third-order valence-corrected chi connectivity index (χ3v) is 2.22. The van der Waals surface area contributed by atoms with Crippen LogP contribution in [0, 0.1) is 11.8 Å². The third-order valence-electron chi connectivity index (χ3n) is 2.22. The van der Waals surface area contributed by atoms with E-state index in [-0.39, 0.29) is 24.7 Å². The largest absolute Gasteiger partial charge is 0.481 e. The summed E-state index contributed by atoms with van der Waals surface area (Å²) in [6.45, 7) is 3.90. The molecule has 0 heterocycles. The van der Waals surface area contributed by atoms with Crippen LogP contribution >= 0.6 is 0 Å². The van der Waals surface area contributed by atoms with Crippen LogP contribution in [-0.4, -0.2) is 29.4 Å². The molecule has 0 radical (unpaired) electrons. The molecule has 0 saturated carbocycles. The number of carboxylic acids is 1. The number of aliphatic carboxylic acids is 1. The fourth-order valence-electron chi connectivity index (χ4n) is 1.37. The number of carbonyl (C=O) groups excluding carboxylic acids is 1. The molecule has 0 amide bonds. The summed E-state index contributed by atoms with van der Waals surface area (Å²) >= 11 is 0. The molecule has 5 nitrogen and oxygen atoms in total. The lowest BCUT2D eigenvalue weighted by Gasteiger charge is -2.15. The highest BCUT2D eigenvalue weighted by molar-refractivity contribution is 5.87. The molecule has 2 atom stereocenters. The van der Waals surface area contributed by atoms with Crippen molar-refractivity contribution in [3.05, 3.63) is 0 Å². The maximum Gasteiger partial charge on any atom is 0.306 e. The second-order valence-corrected chi connectivity index (χ2v) is 4.18. The molecule has 88 valence electrons. The van der Waals surface area contributed by atoms with Gasteiger partial charge in [-0.05, 0) is 12.3 Å². The predicted molar refractivity (Wildman–Crippen MR) is 57.2 cm³/mol. The average Bonchev–Trinajstić information content (AvgIpc) is 2.14. The zero-order chi connectivity index (χ0) is 12.0. The van der Waals surface area contributed by atoms with Crippen LogP contribution in [0.5, 0.6) is 0 Å². The summed E-state index contributed by atoms with van der Waals surface area (Å²) in [6, 6.07) is -0.737. The minimum absolute atomic E-state index is 0.0219. The first-order chi connectivity index (χ1) is 6.88. The van der Waals surface area contributed by atoms with Crippen LogP contribution in [0.4, 0.5) is 0 Å². The van der Waals surface area contributed by atoms with Crippen molar-refractivity contribution in [1.29, 1.82) is 0 Å². The summed E-state index contributed by atoms with van der Waals surface area (Å²) in [7, 11) is 0. The van der Waals surface area contributed by atoms with Gasteiger partial charge in [0.2, 0.25) is 0 Å². The highest BCUT2D eigenvalue weighted by Crippen LogP contribution is 2.16. The lowest BCUT2D eigenvalue weighted by atomic mass is 9.91. The average molecular weight is 216 g/mol. The van der Waals surface area contributed by atoms with E-state index in [0.29, 0.717) is 6.42 Å². The maximum absolute atomic E-state index is 11.4. The predicted octanol–water partition coefficient (Wildman–Crippen LogP) is -0.0215. The van der Waals surface area contributed by atoms with Crippen molar-refractivity contribution in [3.8, 4) is 0 Å². The lowest BCUT2D eigenvalue weighted by Crippen LogP contribution is -2.39. The second-order valence-electron chi connectivity index (χ2n) is 4.18. The number of Topliss-reactive ketones (excluding diaryl/α,β-unsaturated/α-hetero) is 1. The van der Waals surface area contributed by atoms with E-state index in [9.17, 15) is 9.59 Å². The van der Waals surface area contributed by atoms with Crippen molar-refractivity contribution < 1.29 is 14.7 Å². The molecule has 0 aliphatic heterocycles. The summed E-state index contributed by atoms with van der Waals surface area (Å²) in [5.74, 6) is -1.62. The van der Waals surface area contributed by atoms with E-state index in [0.717, 1.165) is 0 Å². The van der Waals surface area contributed by atoms with Crippen molar-refractivity contribution >= 4 is 11.8 Å². The third kappa shape index (κ3) is 5.49. The Morgan fingerprint density at radius 2 is 1.87 bits per heavy atom. The fraction of sp³-hybridized carbons (Fsp3) is 0.800. The van der Waals surface area contributed by atoms with E-state index in [1.165, 1.54) is 0 Å². The topological polar surface area (TPSA) is 106 Å². The Morgan fingerprint density at radius 3 is 2.20 bits per heavy atom. The quantitative estimate of drug-likeness (QED) is 0.554. The van der Waals surface area contributed by atoms with Gasteiger partial charge in [-0.2, -0.15) is 0 Å². The van der Waals surface area contributed by atoms with Gasteiger partial charge in [0, 0.05) is 13.0 Å². The molecule has 0 aromatic heterocycles. The van der Waals surface area contributed by atoms with Crippen molar-refractivity contribution in [2.24, 2.45) is 23.3 Å². The molecular weight excluding hydrogens is 196 g/mol. The Morgan fingerprint density at radius 1 is 1.33 bits per heavy atom. The molecule has 0 fully saturated rings. The first-order valence-corrected chi connectivity index (χ1v) is 5.09. The number of ketones is 1. The number of hydrogen-bond acceptors (Lipinski definition) is 4. The monoisotopic (exact) mass is 216 g/mol. The van der Waals surface area contributed by atoms with Gasteiger partial charge in [0.15, 0.2) is 5.78 Å². The number of carboxylic acid groups (broad SMARTS) is 1. The zero-order valence-electron chi connectivity index (χ0n) is 9.27. The van der Waals surface area contributed by atoms with Crippen LogP contribution in [0.15, 0.2) is 0 Å². The molecule has 0 aliphatic carbocycles. The summed E-state index contributed by atoms with van der Waals surface area (Å²) in [5, 5.41) is 8.90. The zero-order valence-corrected chi connectivity index (χ0v) is 9.27. The van der Waals surface area contributed by atoms with Crippen molar-refractivity contribution in [3.63, 3.8) is 0 Å². The van der Waals surface area contributed by atoms with Crippen LogP contribution in [-0.2, 0) is 9.59 Å². The van der Waals surface area contributed by atoms with E-state index >= 15 is 0 Å². The molecule has 0 aliphatic rings. The summed E-state index contributed by atoms with van der Waals surface area (Å²) in [6.07, 6.45) is 0.463. The Labute approximate surface area is 89.8 Å². The number of hydrogen-bond donors (Lipinski definition) is 3. The van der Waals surface area contributed by atoms with Gasteiger partial charge in [-0.25, -0.2) is 0 Å². The van der Waals surface area contributed by atoms with Gasteiger partial charge in [-0.3, -0.25) is 9.59 Å². The van der Waals surface area contributed by atoms with Crippen LogP contribution in [0.2, 0.25) is 0 Å². The second kappa shape index (κ2) is 6.53. The molecule has 0 aromatic carbocycles. The van der Waals surface area contributed by atoms with Gasteiger partial charge in [0.1, 0.15) is 0 Å². The van der Waals surface area contributed by atoms with E-state index in [1.54, 1.807) is 0 Å². The SMILES string of the molecule is CC(C)C[C@H](CC(=O)[C@@H](N)CN)C(=O)O. The minimum atomic E-state index is -0.943. The lowest BCUT2D eigenvalue weighted by molar-refractivity contribution is -0.144. The number of rotatable bonds is 7. The van der Waals surface area contributed by atoms with E-state index in [4.69, 9.17) is 16.6 Å². The summed E-state index contributed by atoms with van der Waals surface area (Å²) in [5.41, 5.74) is 10.7. The van der Waals surface area contributed by atoms with Gasteiger partial charge in [-0.15, -0.1) is 0 Å². The van der Waals surface area contributed by atoms with Crippen molar-refractivity contribution in [2.75, 3.05) is 6.54 Å². The van der Waals surface area contributed by atoms with Gasteiger partial charge in [0.25, 0.3) is 0 Å². The highest BCUT2D eigenvalue weighted by atomic mass is 16.4. The standard InChI is InChI=1S/C10H20N2O3/c1-6(2)3-7(10(14)15)4-9(13)8(12)5-11/h6-8H,3-5,11-12H2,1-2H3,(H,14,15)/t7-,8+/m1/s1. The van der Waals surface area contributed by atoms with E-state index in [2.05, 4.69) is 0 Å². The minimum Gasteiger partial charge on any atom is -0.481 e. The Balaban J connectivity index is 4.29. The number of nitrogens with two attached hydrogens (primary N) is 2. The first-order valence-electron chi connectivity index (χ1n) is 5.09. The molecule has 5 heteroatoms. The molecule has 0 spiro atoms. The molecule has 0 bridgehead atoms. The normalized spacial score (nSPS) is 15.0. The molecule has 0 rings (SSSR count). The molecule has 0 saturated heterocycles. The molecule has 15 heavy (non-hydrogen) atoms. The Kier molecular flexibility index (Phi) is 6.12. The highest BCUT2D eigenvalue weighted by Gasteiger charge is 2.24.